The lowest BCUT2D eigenvalue weighted by Gasteiger charge is -2.40. The van der Waals surface area contributed by atoms with Crippen molar-refractivity contribution in [2.45, 2.75) is 52.4 Å². The van der Waals surface area contributed by atoms with E-state index in [0.717, 1.165) is 11.8 Å². The van der Waals surface area contributed by atoms with Crippen LogP contribution in [0.15, 0.2) is 0 Å². The number of hydrogen-bond acceptors (Lipinski definition) is 1. The molecule has 1 heterocycles. The molecule has 0 aromatic heterocycles. The van der Waals surface area contributed by atoms with Crippen LogP contribution in [0.4, 0.5) is 0 Å². The van der Waals surface area contributed by atoms with Crippen LogP contribution in [0.5, 0.6) is 0 Å². The normalized spacial score (nSPS) is 32.6. The minimum Gasteiger partial charge on any atom is -0.316 e. The Labute approximate surface area is 88.7 Å². The van der Waals surface area contributed by atoms with Gasteiger partial charge in [0.05, 0.1) is 0 Å². The fourth-order valence-electron chi connectivity index (χ4n) is 2.98. The van der Waals surface area contributed by atoms with E-state index in [4.69, 9.17) is 0 Å². The van der Waals surface area contributed by atoms with Crippen molar-refractivity contribution in [1.82, 2.24) is 5.32 Å². The summed E-state index contributed by atoms with van der Waals surface area (Å²) in [6, 6.07) is 0. The summed E-state index contributed by atoms with van der Waals surface area (Å²) in [5, 5.41) is 3.52. The van der Waals surface area contributed by atoms with E-state index < -0.39 is 0 Å². The number of hydrogen-bond donors (Lipinski definition) is 1. The number of piperidine rings is 1. The van der Waals surface area contributed by atoms with Crippen molar-refractivity contribution in [2.75, 3.05) is 13.1 Å². The maximum atomic E-state index is 3.52. The van der Waals surface area contributed by atoms with Gasteiger partial charge in [0, 0.05) is 6.54 Å². The lowest BCUT2D eigenvalue weighted by Crippen LogP contribution is -2.43. The van der Waals surface area contributed by atoms with E-state index in [2.05, 4.69) is 19.2 Å². The fourth-order valence-corrected chi connectivity index (χ4v) is 2.98. The maximum absolute atomic E-state index is 3.52. The largest absolute Gasteiger partial charge is 0.316 e. The summed E-state index contributed by atoms with van der Waals surface area (Å²) in [4.78, 5) is 0. The lowest BCUT2D eigenvalue weighted by atomic mass is 9.70. The van der Waals surface area contributed by atoms with Gasteiger partial charge >= 0.3 is 0 Å². The number of rotatable bonds is 3. The van der Waals surface area contributed by atoms with Gasteiger partial charge in [0.1, 0.15) is 0 Å². The second-order valence-corrected chi connectivity index (χ2v) is 6.03. The summed E-state index contributed by atoms with van der Waals surface area (Å²) >= 11 is 0. The Balaban J connectivity index is 1.76. The summed E-state index contributed by atoms with van der Waals surface area (Å²) < 4.78 is 0. The van der Waals surface area contributed by atoms with Gasteiger partial charge in [-0.3, -0.25) is 0 Å². The van der Waals surface area contributed by atoms with Gasteiger partial charge in [-0.1, -0.05) is 39.5 Å². The highest BCUT2D eigenvalue weighted by atomic mass is 14.9. The first kappa shape index (κ1) is 10.5. The van der Waals surface area contributed by atoms with Crippen molar-refractivity contribution in [3.63, 3.8) is 0 Å². The van der Waals surface area contributed by atoms with E-state index in [1.165, 1.54) is 51.6 Å². The molecule has 0 amide bonds. The molecule has 1 saturated heterocycles. The molecule has 0 aromatic rings. The molecule has 1 aliphatic heterocycles. The first-order valence-electron chi connectivity index (χ1n) is 6.39. The minimum absolute atomic E-state index is 0.544. The van der Waals surface area contributed by atoms with Crippen LogP contribution in [0.1, 0.15) is 52.4 Å². The van der Waals surface area contributed by atoms with Crippen LogP contribution in [0.25, 0.3) is 0 Å². The van der Waals surface area contributed by atoms with Crippen molar-refractivity contribution >= 4 is 0 Å². The quantitative estimate of drug-likeness (QED) is 0.729. The topological polar surface area (TPSA) is 12.0 Å². The highest BCUT2D eigenvalue weighted by Gasteiger charge is 2.32. The molecule has 1 aliphatic carbocycles. The molecule has 1 saturated carbocycles. The van der Waals surface area contributed by atoms with Crippen LogP contribution in [-0.4, -0.2) is 13.1 Å². The zero-order valence-electron chi connectivity index (χ0n) is 9.81. The molecule has 0 radical (unpaired) electrons. The first-order chi connectivity index (χ1) is 6.68. The van der Waals surface area contributed by atoms with Crippen molar-refractivity contribution in [2.24, 2.45) is 17.3 Å². The smallest absolute Gasteiger partial charge is 0.000518 e. The van der Waals surface area contributed by atoms with Crippen molar-refractivity contribution in [1.29, 1.82) is 0 Å². The SMILES string of the molecule is CC1(C)CNCCC1CCC1CCC1. The Morgan fingerprint density at radius 3 is 2.50 bits per heavy atom. The molecule has 0 aromatic carbocycles. The Kier molecular flexibility index (Phi) is 3.16. The molecular formula is C13H25N. The van der Waals surface area contributed by atoms with Gasteiger partial charge in [0.15, 0.2) is 0 Å². The van der Waals surface area contributed by atoms with Gasteiger partial charge < -0.3 is 5.32 Å². The van der Waals surface area contributed by atoms with Gasteiger partial charge in [0.25, 0.3) is 0 Å². The monoisotopic (exact) mass is 195 g/mol. The molecule has 2 rings (SSSR count). The predicted molar refractivity (Wildman–Crippen MR) is 61.3 cm³/mol. The lowest BCUT2D eigenvalue weighted by molar-refractivity contribution is 0.129. The van der Waals surface area contributed by atoms with Crippen molar-refractivity contribution in [3.05, 3.63) is 0 Å². The molecule has 0 bridgehead atoms. The molecule has 0 spiro atoms. The van der Waals surface area contributed by atoms with Crippen molar-refractivity contribution in [3.8, 4) is 0 Å². The second kappa shape index (κ2) is 4.22. The van der Waals surface area contributed by atoms with E-state index in [1.807, 2.05) is 0 Å². The maximum Gasteiger partial charge on any atom is 0.000518 e. The Morgan fingerprint density at radius 1 is 1.14 bits per heavy atom. The van der Waals surface area contributed by atoms with E-state index in [1.54, 1.807) is 0 Å². The molecule has 1 N–H and O–H groups in total. The van der Waals surface area contributed by atoms with Crippen LogP contribution in [-0.2, 0) is 0 Å². The Bertz CT molecular complexity index is 182. The Morgan fingerprint density at radius 2 is 1.93 bits per heavy atom. The molecule has 1 atom stereocenters. The third-order valence-electron chi connectivity index (χ3n) is 4.50. The van der Waals surface area contributed by atoms with Gasteiger partial charge in [-0.15, -0.1) is 0 Å². The zero-order chi connectivity index (χ0) is 10.0. The van der Waals surface area contributed by atoms with Gasteiger partial charge in [-0.25, -0.2) is 0 Å². The Hall–Kier alpha value is -0.0400. The molecule has 2 aliphatic rings. The van der Waals surface area contributed by atoms with Crippen LogP contribution in [0, 0.1) is 17.3 Å². The van der Waals surface area contributed by atoms with Crippen LogP contribution < -0.4 is 5.32 Å². The molecular weight excluding hydrogens is 170 g/mol. The third kappa shape index (κ3) is 2.31. The first-order valence-corrected chi connectivity index (χ1v) is 6.39. The second-order valence-electron chi connectivity index (χ2n) is 6.03. The molecule has 1 unspecified atom stereocenters. The van der Waals surface area contributed by atoms with Crippen LogP contribution in [0.3, 0.4) is 0 Å². The summed E-state index contributed by atoms with van der Waals surface area (Å²) in [6.07, 6.45) is 8.93. The van der Waals surface area contributed by atoms with E-state index in [0.29, 0.717) is 5.41 Å². The summed E-state index contributed by atoms with van der Waals surface area (Å²) in [5.74, 6) is 2.07. The van der Waals surface area contributed by atoms with Gasteiger partial charge in [-0.2, -0.15) is 0 Å². The summed E-state index contributed by atoms with van der Waals surface area (Å²) in [7, 11) is 0. The van der Waals surface area contributed by atoms with Gasteiger partial charge in [0.2, 0.25) is 0 Å². The highest BCUT2D eigenvalue weighted by molar-refractivity contribution is 4.86. The average molecular weight is 195 g/mol. The molecule has 1 heteroatoms. The van der Waals surface area contributed by atoms with Crippen LogP contribution in [0.2, 0.25) is 0 Å². The van der Waals surface area contributed by atoms with E-state index in [-0.39, 0.29) is 0 Å². The van der Waals surface area contributed by atoms with E-state index >= 15 is 0 Å². The van der Waals surface area contributed by atoms with Gasteiger partial charge in [-0.05, 0) is 36.6 Å². The zero-order valence-corrected chi connectivity index (χ0v) is 9.81. The molecule has 1 nitrogen and oxygen atoms in total. The van der Waals surface area contributed by atoms with Crippen LogP contribution >= 0.6 is 0 Å². The predicted octanol–water partition coefficient (Wildman–Crippen LogP) is 3.20. The number of nitrogens with one attached hydrogen (secondary N) is 1. The van der Waals surface area contributed by atoms with Crippen molar-refractivity contribution < 1.29 is 0 Å². The standard InChI is InChI=1S/C13H25N/c1-13(2)10-14-9-8-12(13)7-6-11-4-3-5-11/h11-12,14H,3-10H2,1-2H3. The molecule has 2 fully saturated rings. The van der Waals surface area contributed by atoms with E-state index in [9.17, 15) is 0 Å². The highest BCUT2D eigenvalue weighted by Crippen LogP contribution is 2.38. The molecule has 14 heavy (non-hydrogen) atoms. The fraction of sp³-hybridized carbons (Fsp3) is 1.00. The average Bonchev–Trinajstić information content (AvgIpc) is 2.04. The summed E-state index contributed by atoms with van der Waals surface area (Å²) in [6.45, 7) is 7.34. The molecule has 82 valence electrons. The minimum atomic E-state index is 0.544. The third-order valence-corrected chi connectivity index (χ3v) is 4.50. The summed E-state index contributed by atoms with van der Waals surface area (Å²) in [5.41, 5.74) is 0.544.